The van der Waals surface area contributed by atoms with Gasteiger partial charge < -0.3 is 29.6 Å². The Bertz CT molecular complexity index is 782. The number of hydrogen-bond donors (Lipinski definition) is 2. The molecule has 0 heterocycles. The molecule has 0 fully saturated rings. The quantitative estimate of drug-likeness (QED) is 0.737. The topological polar surface area (TPSA) is 78.1 Å². The van der Waals surface area contributed by atoms with E-state index < -0.39 is 6.04 Å². The molecule has 2 aromatic carbocycles. The van der Waals surface area contributed by atoms with Crippen molar-refractivity contribution in [2.24, 2.45) is 0 Å². The van der Waals surface area contributed by atoms with Gasteiger partial charge in [-0.1, -0.05) is 6.07 Å². The molecule has 27 heavy (non-hydrogen) atoms. The Morgan fingerprint density at radius 2 is 1.48 bits per heavy atom. The number of hydrogen-bond acceptors (Lipinski definition) is 6. The van der Waals surface area contributed by atoms with E-state index in [0.29, 0.717) is 34.4 Å². The fourth-order valence-corrected chi connectivity index (χ4v) is 2.64. The van der Waals surface area contributed by atoms with E-state index in [1.165, 1.54) is 0 Å². The van der Waals surface area contributed by atoms with E-state index in [1.54, 1.807) is 47.5 Å². The van der Waals surface area contributed by atoms with Crippen LogP contribution >= 0.6 is 0 Å². The van der Waals surface area contributed by atoms with E-state index in [9.17, 15) is 4.79 Å². The number of carbonyl (C=O) groups excluding carboxylic acids is 1. The normalized spacial score (nSPS) is 11.3. The van der Waals surface area contributed by atoms with E-state index in [-0.39, 0.29) is 5.91 Å². The molecule has 7 nitrogen and oxygen atoms in total. The molecule has 0 aliphatic heterocycles. The summed E-state index contributed by atoms with van der Waals surface area (Å²) >= 11 is 0. The molecular formula is C20H26N2O5. The first-order valence-corrected chi connectivity index (χ1v) is 8.45. The Morgan fingerprint density at radius 1 is 0.889 bits per heavy atom. The third kappa shape index (κ3) is 4.75. The van der Waals surface area contributed by atoms with Crippen LogP contribution in [0.15, 0.2) is 30.3 Å². The third-order valence-electron chi connectivity index (χ3n) is 4.05. The summed E-state index contributed by atoms with van der Waals surface area (Å²) in [6.07, 6.45) is 0. The van der Waals surface area contributed by atoms with E-state index in [4.69, 9.17) is 18.9 Å². The van der Waals surface area contributed by atoms with Crippen molar-refractivity contribution in [1.29, 1.82) is 0 Å². The van der Waals surface area contributed by atoms with E-state index in [1.807, 2.05) is 25.1 Å². The maximum atomic E-state index is 12.6. The minimum absolute atomic E-state index is 0.201. The molecule has 2 N–H and O–H groups in total. The molecule has 0 radical (unpaired) electrons. The molecule has 1 atom stereocenters. The lowest BCUT2D eigenvalue weighted by atomic mass is 10.2. The molecule has 0 saturated carbocycles. The highest BCUT2D eigenvalue weighted by atomic mass is 16.5. The van der Waals surface area contributed by atoms with Gasteiger partial charge in [-0.15, -0.1) is 0 Å². The summed E-state index contributed by atoms with van der Waals surface area (Å²) < 4.78 is 21.3. The molecule has 1 amide bonds. The fourth-order valence-electron chi connectivity index (χ4n) is 2.64. The number of nitrogens with one attached hydrogen (secondary N) is 2. The highest BCUT2D eigenvalue weighted by Gasteiger charge is 2.18. The largest absolute Gasteiger partial charge is 0.495 e. The van der Waals surface area contributed by atoms with Crippen LogP contribution in [0, 0.1) is 6.92 Å². The van der Waals surface area contributed by atoms with Crippen molar-refractivity contribution in [2.45, 2.75) is 19.9 Å². The van der Waals surface area contributed by atoms with Gasteiger partial charge in [0, 0.05) is 17.8 Å². The van der Waals surface area contributed by atoms with Crippen molar-refractivity contribution < 1.29 is 23.7 Å². The molecule has 0 aromatic heterocycles. The molecule has 0 aliphatic carbocycles. The van der Waals surface area contributed by atoms with Gasteiger partial charge in [-0.05, 0) is 31.5 Å². The molecule has 0 spiro atoms. The summed E-state index contributed by atoms with van der Waals surface area (Å²) in [6.45, 7) is 3.72. The van der Waals surface area contributed by atoms with Crippen molar-refractivity contribution in [3.63, 3.8) is 0 Å². The average Bonchev–Trinajstić information content (AvgIpc) is 2.67. The van der Waals surface area contributed by atoms with Crippen LogP contribution in [0.3, 0.4) is 0 Å². The predicted molar refractivity (Wildman–Crippen MR) is 106 cm³/mol. The zero-order chi connectivity index (χ0) is 20.0. The molecule has 0 unspecified atom stereocenters. The van der Waals surface area contributed by atoms with Gasteiger partial charge in [-0.25, -0.2) is 0 Å². The van der Waals surface area contributed by atoms with Crippen LogP contribution < -0.4 is 29.6 Å². The van der Waals surface area contributed by atoms with Gasteiger partial charge in [-0.2, -0.15) is 0 Å². The number of aryl methyl sites for hydroxylation is 1. The second-order valence-electron chi connectivity index (χ2n) is 5.97. The van der Waals surface area contributed by atoms with Gasteiger partial charge in [0.15, 0.2) is 11.5 Å². The Labute approximate surface area is 159 Å². The summed E-state index contributed by atoms with van der Waals surface area (Å²) in [5.74, 6) is 1.91. The lowest BCUT2D eigenvalue weighted by Crippen LogP contribution is -2.32. The molecule has 2 rings (SSSR count). The Kier molecular flexibility index (Phi) is 6.76. The maximum absolute atomic E-state index is 12.6. The van der Waals surface area contributed by atoms with Crippen molar-refractivity contribution in [3.8, 4) is 23.0 Å². The van der Waals surface area contributed by atoms with Crippen molar-refractivity contribution in [3.05, 3.63) is 35.9 Å². The number of benzene rings is 2. The van der Waals surface area contributed by atoms with E-state index in [0.717, 1.165) is 5.56 Å². The highest BCUT2D eigenvalue weighted by molar-refractivity contribution is 5.97. The number of amides is 1. The Morgan fingerprint density at radius 3 is 2.00 bits per heavy atom. The summed E-state index contributed by atoms with van der Waals surface area (Å²) in [5, 5.41) is 6.03. The first-order valence-electron chi connectivity index (χ1n) is 8.45. The van der Waals surface area contributed by atoms with Crippen LogP contribution in [0.25, 0.3) is 0 Å². The molecule has 2 aromatic rings. The minimum atomic E-state index is -0.516. The van der Waals surface area contributed by atoms with Crippen LogP contribution in [0.4, 0.5) is 11.4 Å². The van der Waals surface area contributed by atoms with Gasteiger partial charge in [0.2, 0.25) is 11.7 Å². The van der Waals surface area contributed by atoms with Crippen molar-refractivity contribution in [1.82, 2.24) is 0 Å². The molecule has 146 valence electrons. The summed E-state index contributed by atoms with van der Waals surface area (Å²) in [6, 6.07) is 8.59. The molecule has 0 aliphatic rings. The first kappa shape index (κ1) is 20.2. The first-order chi connectivity index (χ1) is 12.9. The zero-order valence-electron chi connectivity index (χ0n) is 16.5. The lowest BCUT2D eigenvalue weighted by molar-refractivity contribution is -0.116. The molecule has 7 heteroatoms. The average molecular weight is 374 g/mol. The number of rotatable bonds is 8. The van der Waals surface area contributed by atoms with Crippen molar-refractivity contribution in [2.75, 3.05) is 39.1 Å². The summed E-state index contributed by atoms with van der Waals surface area (Å²) in [5.41, 5.74) is 2.32. The van der Waals surface area contributed by atoms with Gasteiger partial charge in [-0.3, -0.25) is 4.79 Å². The zero-order valence-corrected chi connectivity index (χ0v) is 16.5. The van der Waals surface area contributed by atoms with E-state index >= 15 is 0 Å². The summed E-state index contributed by atoms with van der Waals surface area (Å²) in [4.78, 5) is 12.6. The predicted octanol–water partition coefficient (Wildman–Crippen LogP) is 3.47. The molecular weight excluding hydrogens is 348 g/mol. The fraction of sp³-hybridized carbons (Fsp3) is 0.350. The van der Waals surface area contributed by atoms with Crippen LogP contribution in [-0.2, 0) is 4.79 Å². The molecule has 0 bridgehead atoms. The summed E-state index contributed by atoms with van der Waals surface area (Å²) in [7, 11) is 6.19. The minimum Gasteiger partial charge on any atom is -0.495 e. The SMILES string of the molecule is COc1ccc(C)cc1NC(=O)[C@H](C)Nc1cc(OC)c(OC)c(OC)c1. The second kappa shape index (κ2) is 9.02. The third-order valence-corrected chi connectivity index (χ3v) is 4.05. The smallest absolute Gasteiger partial charge is 0.246 e. The van der Waals surface area contributed by atoms with Gasteiger partial charge >= 0.3 is 0 Å². The van der Waals surface area contributed by atoms with Gasteiger partial charge in [0.05, 0.1) is 34.1 Å². The number of ether oxygens (including phenoxy) is 4. The van der Waals surface area contributed by atoms with Gasteiger partial charge in [0.1, 0.15) is 11.8 Å². The number of anilines is 2. The van der Waals surface area contributed by atoms with Crippen LogP contribution in [0.1, 0.15) is 12.5 Å². The van der Waals surface area contributed by atoms with Crippen molar-refractivity contribution >= 4 is 17.3 Å². The van der Waals surface area contributed by atoms with Crippen LogP contribution in [0.5, 0.6) is 23.0 Å². The highest BCUT2D eigenvalue weighted by Crippen LogP contribution is 2.40. The van der Waals surface area contributed by atoms with Crippen LogP contribution in [0.2, 0.25) is 0 Å². The van der Waals surface area contributed by atoms with E-state index in [2.05, 4.69) is 10.6 Å². The maximum Gasteiger partial charge on any atom is 0.246 e. The Balaban J connectivity index is 2.18. The Hall–Kier alpha value is -3.09. The number of methoxy groups -OCH3 is 4. The van der Waals surface area contributed by atoms with Crippen LogP contribution in [-0.4, -0.2) is 40.4 Å². The standard InChI is InChI=1S/C20H26N2O5/c1-12-7-8-16(24-3)15(9-12)22-20(23)13(2)21-14-10-17(25-4)19(27-6)18(11-14)26-5/h7-11,13,21H,1-6H3,(H,22,23)/t13-/m0/s1. The lowest BCUT2D eigenvalue weighted by Gasteiger charge is -2.19. The molecule has 0 saturated heterocycles. The number of carbonyl (C=O) groups is 1. The van der Waals surface area contributed by atoms with Gasteiger partial charge in [0.25, 0.3) is 0 Å². The monoisotopic (exact) mass is 374 g/mol. The second-order valence-corrected chi connectivity index (χ2v) is 5.97.